The molecule has 1 atom stereocenters. The van der Waals surface area contributed by atoms with Gasteiger partial charge in [0.15, 0.2) is 0 Å². The maximum atomic E-state index is 12.8. The van der Waals surface area contributed by atoms with E-state index < -0.39 is 0 Å². The molecule has 2 aromatic rings. The molecule has 0 radical (unpaired) electrons. The lowest BCUT2D eigenvalue weighted by Crippen LogP contribution is -2.37. The van der Waals surface area contributed by atoms with Gasteiger partial charge in [0.05, 0.1) is 30.5 Å². The number of amides is 1. The van der Waals surface area contributed by atoms with Gasteiger partial charge < -0.3 is 15.0 Å². The Morgan fingerprint density at radius 3 is 2.46 bits per heavy atom. The summed E-state index contributed by atoms with van der Waals surface area (Å²) in [6.07, 6.45) is 0.773. The monoisotopic (exact) mass is 324 g/mol. The highest BCUT2D eigenvalue weighted by atomic mass is 16.5. The number of benzene rings is 2. The molecule has 0 aliphatic carbocycles. The molecule has 0 spiro atoms. The Morgan fingerprint density at radius 2 is 1.75 bits per heavy atom. The molecule has 1 aliphatic heterocycles. The highest BCUT2D eigenvalue weighted by molar-refractivity contribution is 5.98. The van der Waals surface area contributed by atoms with E-state index in [9.17, 15) is 4.79 Å². The SMILES string of the molecule is CC[C@@H](C(=O)Nc1ccccc1N1CCOCC1)c1ccccc1. The molecule has 1 saturated heterocycles. The summed E-state index contributed by atoms with van der Waals surface area (Å²) >= 11 is 0. The van der Waals surface area contributed by atoms with Crippen LogP contribution in [0.5, 0.6) is 0 Å². The molecule has 0 unspecified atom stereocenters. The van der Waals surface area contributed by atoms with E-state index in [4.69, 9.17) is 4.74 Å². The van der Waals surface area contributed by atoms with Crippen molar-refractivity contribution >= 4 is 17.3 Å². The summed E-state index contributed by atoms with van der Waals surface area (Å²) in [5.41, 5.74) is 3.00. The first-order chi connectivity index (χ1) is 11.8. The van der Waals surface area contributed by atoms with Crippen molar-refractivity contribution in [1.29, 1.82) is 0 Å². The smallest absolute Gasteiger partial charge is 0.231 e. The number of hydrogen-bond donors (Lipinski definition) is 1. The van der Waals surface area contributed by atoms with Gasteiger partial charge in [-0.15, -0.1) is 0 Å². The molecule has 1 aliphatic rings. The number of ether oxygens (including phenoxy) is 1. The van der Waals surface area contributed by atoms with Crippen LogP contribution in [-0.2, 0) is 9.53 Å². The van der Waals surface area contributed by atoms with Gasteiger partial charge in [-0.05, 0) is 24.1 Å². The molecule has 2 aromatic carbocycles. The third-order valence-corrected chi connectivity index (χ3v) is 4.44. The Bertz CT molecular complexity index is 666. The fraction of sp³-hybridized carbons (Fsp3) is 0.350. The van der Waals surface area contributed by atoms with Gasteiger partial charge in [0.2, 0.25) is 5.91 Å². The molecule has 0 aromatic heterocycles. The number of rotatable bonds is 5. The van der Waals surface area contributed by atoms with Crippen LogP contribution in [0.3, 0.4) is 0 Å². The quantitative estimate of drug-likeness (QED) is 0.912. The molecule has 0 saturated carbocycles. The third kappa shape index (κ3) is 3.77. The second-order valence-corrected chi connectivity index (χ2v) is 5.98. The lowest BCUT2D eigenvalue weighted by molar-refractivity contribution is -0.117. The number of carbonyl (C=O) groups is 1. The summed E-state index contributed by atoms with van der Waals surface area (Å²) in [5.74, 6) is -0.0895. The van der Waals surface area contributed by atoms with Gasteiger partial charge in [0.1, 0.15) is 0 Å². The largest absolute Gasteiger partial charge is 0.378 e. The van der Waals surface area contributed by atoms with E-state index in [1.54, 1.807) is 0 Å². The molecular formula is C20H24N2O2. The molecule has 24 heavy (non-hydrogen) atoms. The second-order valence-electron chi connectivity index (χ2n) is 5.98. The van der Waals surface area contributed by atoms with Crippen LogP contribution in [0, 0.1) is 0 Å². The number of anilines is 2. The standard InChI is InChI=1S/C20H24N2O2/c1-2-17(16-8-4-3-5-9-16)20(23)21-18-10-6-7-11-19(18)22-12-14-24-15-13-22/h3-11,17H,2,12-15H2,1H3,(H,21,23)/t17-/m1/s1. The molecule has 4 heteroatoms. The second kappa shape index (κ2) is 7.97. The van der Waals surface area contributed by atoms with E-state index in [0.29, 0.717) is 0 Å². The first-order valence-corrected chi connectivity index (χ1v) is 8.57. The van der Waals surface area contributed by atoms with E-state index in [0.717, 1.165) is 49.7 Å². The molecule has 126 valence electrons. The average molecular weight is 324 g/mol. The van der Waals surface area contributed by atoms with Gasteiger partial charge >= 0.3 is 0 Å². The maximum absolute atomic E-state index is 12.8. The van der Waals surface area contributed by atoms with Gasteiger partial charge in [-0.1, -0.05) is 49.4 Å². The molecule has 1 N–H and O–H groups in total. The van der Waals surface area contributed by atoms with Crippen LogP contribution in [0.25, 0.3) is 0 Å². The van der Waals surface area contributed by atoms with Crippen LogP contribution in [0.2, 0.25) is 0 Å². The van der Waals surface area contributed by atoms with Crippen molar-refractivity contribution in [3.05, 3.63) is 60.2 Å². The fourth-order valence-corrected chi connectivity index (χ4v) is 3.14. The fourth-order valence-electron chi connectivity index (χ4n) is 3.14. The topological polar surface area (TPSA) is 41.6 Å². The summed E-state index contributed by atoms with van der Waals surface area (Å²) in [6, 6.07) is 18.0. The van der Waals surface area contributed by atoms with E-state index >= 15 is 0 Å². The molecule has 1 heterocycles. The predicted molar refractivity (Wildman–Crippen MR) is 97.6 cm³/mol. The summed E-state index contributed by atoms with van der Waals surface area (Å²) < 4.78 is 5.43. The minimum atomic E-state index is -0.135. The summed E-state index contributed by atoms with van der Waals surface area (Å²) in [6.45, 7) is 5.20. The highest BCUT2D eigenvalue weighted by Gasteiger charge is 2.21. The Morgan fingerprint density at radius 1 is 1.08 bits per heavy atom. The lowest BCUT2D eigenvalue weighted by Gasteiger charge is -2.30. The third-order valence-electron chi connectivity index (χ3n) is 4.44. The van der Waals surface area contributed by atoms with Gasteiger partial charge in [0, 0.05) is 13.1 Å². The van der Waals surface area contributed by atoms with Crippen molar-refractivity contribution in [2.75, 3.05) is 36.5 Å². The zero-order chi connectivity index (χ0) is 16.8. The Labute approximate surface area is 143 Å². The van der Waals surface area contributed by atoms with Crippen molar-refractivity contribution in [3.63, 3.8) is 0 Å². The van der Waals surface area contributed by atoms with E-state index in [1.807, 2.05) is 55.5 Å². The van der Waals surface area contributed by atoms with Crippen LogP contribution < -0.4 is 10.2 Å². The first kappa shape index (κ1) is 16.5. The number of nitrogens with one attached hydrogen (secondary N) is 1. The Balaban J connectivity index is 1.79. The number of carbonyl (C=O) groups excluding carboxylic acids is 1. The van der Waals surface area contributed by atoms with Crippen molar-refractivity contribution in [2.24, 2.45) is 0 Å². The van der Waals surface area contributed by atoms with Crippen molar-refractivity contribution in [3.8, 4) is 0 Å². The predicted octanol–water partition coefficient (Wildman–Crippen LogP) is 3.66. The van der Waals surface area contributed by atoms with Crippen LogP contribution in [0.1, 0.15) is 24.8 Å². The summed E-state index contributed by atoms with van der Waals surface area (Å²) in [5, 5.41) is 3.14. The Hall–Kier alpha value is -2.33. The lowest BCUT2D eigenvalue weighted by atomic mass is 9.95. The first-order valence-electron chi connectivity index (χ1n) is 8.57. The van der Waals surface area contributed by atoms with Gasteiger partial charge in [-0.2, -0.15) is 0 Å². The number of hydrogen-bond acceptors (Lipinski definition) is 3. The van der Waals surface area contributed by atoms with Crippen LogP contribution >= 0.6 is 0 Å². The van der Waals surface area contributed by atoms with E-state index in [-0.39, 0.29) is 11.8 Å². The zero-order valence-electron chi connectivity index (χ0n) is 14.1. The molecule has 4 nitrogen and oxygen atoms in total. The number of nitrogens with zero attached hydrogens (tertiary/aromatic N) is 1. The molecule has 1 amide bonds. The average Bonchev–Trinajstić information content (AvgIpc) is 2.64. The molecule has 3 rings (SSSR count). The van der Waals surface area contributed by atoms with Gasteiger partial charge in [-0.25, -0.2) is 0 Å². The normalized spacial score (nSPS) is 15.8. The zero-order valence-corrected chi connectivity index (χ0v) is 14.1. The Kier molecular flexibility index (Phi) is 5.49. The van der Waals surface area contributed by atoms with Crippen molar-refractivity contribution in [1.82, 2.24) is 0 Å². The minimum absolute atomic E-state index is 0.0457. The van der Waals surface area contributed by atoms with Gasteiger partial charge in [-0.3, -0.25) is 4.79 Å². The summed E-state index contributed by atoms with van der Waals surface area (Å²) in [4.78, 5) is 15.1. The summed E-state index contributed by atoms with van der Waals surface area (Å²) in [7, 11) is 0. The number of morpholine rings is 1. The molecular weight excluding hydrogens is 300 g/mol. The number of para-hydroxylation sites is 2. The van der Waals surface area contributed by atoms with Crippen LogP contribution in [-0.4, -0.2) is 32.2 Å². The van der Waals surface area contributed by atoms with Crippen molar-refractivity contribution in [2.45, 2.75) is 19.3 Å². The van der Waals surface area contributed by atoms with Crippen LogP contribution in [0.15, 0.2) is 54.6 Å². The minimum Gasteiger partial charge on any atom is -0.378 e. The van der Waals surface area contributed by atoms with Gasteiger partial charge in [0.25, 0.3) is 0 Å². The van der Waals surface area contributed by atoms with Crippen molar-refractivity contribution < 1.29 is 9.53 Å². The highest BCUT2D eigenvalue weighted by Crippen LogP contribution is 2.28. The van der Waals surface area contributed by atoms with E-state index in [1.165, 1.54) is 0 Å². The maximum Gasteiger partial charge on any atom is 0.231 e. The molecule has 1 fully saturated rings. The van der Waals surface area contributed by atoms with Crippen LogP contribution in [0.4, 0.5) is 11.4 Å². The molecule has 0 bridgehead atoms. The van der Waals surface area contributed by atoms with E-state index in [2.05, 4.69) is 16.3 Å².